The van der Waals surface area contributed by atoms with E-state index < -0.39 is 0 Å². The molecule has 0 fully saturated rings. The Kier molecular flexibility index (Phi) is 5.79. The highest BCUT2D eigenvalue weighted by molar-refractivity contribution is 6.04. The Balaban J connectivity index is 2.55. The molecule has 1 heterocycles. The second-order valence-electron chi connectivity index (χ2n) is 5.55. The molecule has 2 rings (SSSR count). The van der Waals surface area contributed by atoms with Gasteiger partial charge < -0.3 is 10.1 Å². The fraction of sp³-hybridized carbons (Fsp3) is 0.444. The van der Waals surface area contributed by atoms with Gasteiger partial charge in [-0.25, -0.2) is 9.59 Å². The first-order chi connectivity index (χ1) is 11.1. The molecule has 124 valence electrons. The lowest BCUT2D eigenvalue weighted by molar-refractivity contribution is -0.138. The Morgan fingerprint density at radius 3 is 2.57 bits per heavy atom. The van der Waals surface area contributed by atoms with Gasteiger partial charge >= 0.3 is 12.0 Å². The predicted octanol–water partition coefficient (Wildman–Crippen LogP) is 3.17. The molecule has 0 aromatic heterocycles. The molecule has 1 N–H and O–H groups in total. The van der Waals surface area contributed by atoms with E-state index in [0.717, 1.165) is 24.8 Å². The number of hydrogen-bond acceptors (Lipinski definition) is 3. The number of rotatable bonds is 6. The van der Waals surface area contributed by atoms with Crippen molar-refractivity contribution in [3.63, 3.8) is 0 Å². The zero-order valence-corrected chi connectivity index (χ0v) is 14.0. The van der Waals surface area contributed by atoms with Crippen LogP contribution in [0.1, 0.15) is 38.7 Å². The number of urea groups is 1. The minimum atomic E-state index is -0.362. The summed E-state index contributed by atoms with van der Waals surface area (Å²) in [5.41, 5.74) is 2.01. The first-order valence-corrected chi connectivity index (χ1v) is 8.11. The van der Waals surface area contributed by atoms with Gasteiger partial charge in [-0.05, 0) is 18.9 Å². The van der Waals surface area contributed by atoms with Gasteiger partial charge in [0.2, 0.25) is 0 Å². The molecule has 0 spiro atoms. The summed E-state index contributed by atoms with van der Waals surface area (Å²) in [4.78, 5) is 26.3. The maximum Gasteiger partial charge on any atom is 0.338 e. The van der Waals surface area contributed by atoms with E-state index >= 15 is 0 Å². The first kappa shape index (κ1) is 17.1. The Bertz CT molecular complexity index is 596. The van der Waals surface area contributed by atoms with E-state index in [1.165, 1.54) is 4.90 Å². The van der Waals surface area contributed by atoms with Gasteiger partial charge in [-0.3, -0.25) is 4.90 Å². The van der Waals surface area contributed by atoms with E-state index in [4.69, 9.17) is 4.74 Å². The number of nitrogens with one attached hydrogen (secondary N) is 1. The van der Waals surface area contributed by atoms with Crippen molar-refractivity contribution in [3.8, 4) is 0 Å². The van der Waals surface area contributed by atoms with Crippen molar-refractivity contribution in [3.05, 3.63) is 41.5 Å². The zero-order chi connectivity index (χ0) is 16.8. The molecule has 5 nitrogen and oxygen atoms in total. The number of carbonyl (C=O) groups excluding carboxylic acids is 2. The van der Waals surface area contributed by atoms with Crippen molar-refractivity contribution < 1.29 is 14.3 Å². The van der Waals surface area contributed by atoms with Crippen molar-refractivity contribution >= 4 is 17.7 Å². The summed E-state index contributed by atoms with van der Waals surface area (Å²) in [5, 5.41) is 2.92. The fourth-order valence-corrected chi connectivity index (χ4v) is 2.78. The number of benzene rings is 1. The number of unbranched alkanes of at least 4 members (excludes halogenated alkanes) is 1. The van der Waals surface area contributed by atoms with Crippen LogP contribution in [0.4, 0.5) is 4.79 Å². The van der Waals surface area contributed by atoms with Crippen molar-refractivity contribution in [2.75, 3.05) is 13.7 Å². The van der Waals surface area contributed by atoms with Crippen molar-refractivity contribution in [2.24, 2.45) is 0 Å². The van der Waals surface area contributed by atoms with Gasteiger partial charge in [0, 0.05) is 7.05 Å². The topological polar surface area (TPSA) is 58.6 Å². The molecule has 2 amide bonds. The van der Waals surface area contributed by atoms with E-state index in [1.54, 1.807) is 14.0 Å². The minimum Gasteiger partial charge on any atom is -0.463 e. The molecule has 1 aliphatic heterocycles. The number of hydrogen-bond donors (Lipinski definition) is 1. The normalized spacial score (nSPS) is 18.0. The van der Waals surface area contributed by atoms with Crippen LogP contribution in [0.3, 0.4) is 0 Å². The lowest BCUT2D eigenvalue weighted by Gasteiger charge is -2.34. The van der Waals surface area contributed by atoms with Gasteiger partial charge in [0.25, 0.3) is 0 Å². The maximum absolute atomic E-state index is 12.5. The van der Waals surface area contributed by atoms with Crippen LogP contribution in [-0.2, 0) is 9.53 Å². The average molecular weight is 316 g/mol. The molecular weight excluding hydrogens is 292 g/mol. The summed E-state index contributed by atoms with van der Waals surface area (Å²) in [6, 6.07) is 9.00. The number of ether oxygens (including phenoxy) is 1. The molecule has 0 saturated carbocycles. The highest BCUT2D eigenvalue weighted by Gasteiger charge is 2.35. The molecular formula is C18H24N2O3. The van der Waals surface area contributed by atoms with Crippen LogP contribution in [0.2, 0.25) is 0 Å². The van der Waals surface area contributed by atoms with Crippen molar-refractivity contribution in [2.45, 2.75) is 39.2 Å². The summed E-state index contributed by atoms with van der Waals surface area (Å²) in [7, 11) is 1.67. The summed E-state index contributed by atoms with van der Waals surface area (Å²) in [5.74, 6) is -0.362. The van der Waals surface area contributed by atoms with Crippen LogP contribution in [0.15, 0.2) is 35.9 Å². The monoisotopic (exact) mass is 316 g/mol. The van der Waals surface area contributed by atoms with Crippen LogP contribution in [-0.4, -0.2) is 36.6 Å². The molecule has 0 aliphatic carbocycles. The molecule has 23 heavy (non-hydrogen) atoms. The van der Waals surface area contributed by atoms with E-state index in [-0.39, 0.29) is 18.0 Å². The maximum atomic E-state index is 12.5. The predicted molar refractivity (Wildman–Crippen MR) is 89.6 cm³/mol. The number of amides is 2. The van der Waals surface area contributed by atoms with Crippen LogP contribution < -0.4 is 5.32 Å². The summed E-state index contributed by atoms with van der Waals surface area (Å²) >= 11 is 0. The van der Waals surface area contributed by atoms with Gasteiger partial charge in [-0.15, -0.1) is 0 Å². The summed E-state index contributed by atoms with van der Waals surface area (Å²) in [6.45, 7) is 4.18. The van der Waals surface area contributed by atoms with E-state index in [2.05, 4.69) is 12.2 Å². The van der Waals surface area contributed by atoms with Gasteiger partial charge in [0.05, 0.1) is 23.9 Å². The molecule has 1 atom stereocenters. The third-order valence-electron chi connectivity index (χ3n) is 3.93. The second-order valence-corrected chi connectivity index (χ2v) is 5.55. The molecule has 0 bridgehead atoms. The molecule has 1 aromatic rings. The largest absolute Gasteiger partial charge is 0.463 e. The Labute approximate surface area is 137 Å². The Hall–Kier alpha value is -2.30. The lowest BCUT2D eigenvalue weighted by atomic mass is 9.93. The Morgan fingerprint density at radius 2 is 1.96 bits per heavy atom. The average Bonchev–Trinajstić information content (AvgIpc) is 2.56. The van der Waals surface area contributed by atoms with Gasteiger partial charge in [0.1, 0.15) is 0 Å². The van der Waals surface area contributed by atoms with Crippen LogP contribution in [0, 0.1) is 0 Å². The van der Waals surface area contributed by atoms with E-state index in [1.807, 2.05) is 30.3 Å². The minimum absolute atomic E-state index is 0.196. The third kappa shape index (κ3) is 3.73. The molecule has 0 radical (unpaired) electrons. The smallest absolute Gasteiger partial charge is 0.338 e. The second kappa shape index (κ2) is 7.81. The zero-order valence-electron chi connectivity index (χ0n) is 14.0. The van der Waals surface area contributed by atoms with Crippen LogP contribution in [0.25, 0.3) is 5.70 Å². The van der Waals surface area contributed by atoms with Crippen LogP contribution in [0.5, 0.6) is 0 Å². The quantitative estimate of drug-likeness (QED) is 0.820. The number of nitrogens with zero attached hydrogens (tertiary/aromatic N) is 1. The van der Waals surface area contributed by atoms with E-state index in [9.17, 15) is 9.59 Å². The molecule has 1 aliphatic rings. The highest BCUT2D eigenvalue weighted by Crippen LogP contribution is 2.30. The number of carbonyl (C=O) groups is 2. The van der Waals surface area contributed by atoms with E-state index in [0.29, 0.717) is 17.9 Å². The van der Waals surface area contributed by atoms with Gasteiger partial charge in [-0.1, -0.05) is 50.1 Å². The van der Waals surface area contributed by atoms with Crippen LogP contribution >= 0.6 is 0 Å². The molecule has 1 unspecified atom stereocenters. The molecule has 0 saturated heterocycles. The Morgan fingerprint density at radius 1 is 1.26 bits per heavy atom. The van der Waals surface area contributed by atoms with Crippen molar-refractivity contribution in [1.29, 1.82) is 0 Å². The van der Waals surface area contributed by atoms with Gasteiger partial charge in [0.15, 0.2) is 0 Å². The first-order valence-electron chi connectivity index (χ1n) is 8.11. The highest BCUT2D eigenvalue weighted by atomic mass is 16.5. The fourth-order valence-electron chi connectivity index (χ4n) is 2.78. The SMILES string of the molecule is CCCCC1NC(=O)N(C)C(c2ccccc2)=C1C(=O)OCC. The summed E-state index contributed by atoms with van der Waals surface area (Å²) < 4.78 is 5.25. The lowest BCUT2D eigenvalue weighted by Crippen LogP contribution is -2.50. The standard InChI is InChI=1S/C18H24N2O3/c1-4-6-12-14-15(17(21)23-5-2)16(20(3)18(22)19-14)13-10-8-7-9-11-13/h7-11,14H,4-6,12H2,1-3H3,(H,19,22). The number of esters is 1. The van der Waals surface area contributed by atoms with Gasteiger partial charge in [-0.2, -0.15) is 0 Å². The summed E-state index contributed by atoms with van der Waals surface area (Å²) in [6.07, 6.45) is 2.65. The molecule has 1 aromatic carbocycles. The van der Waals surface area contributed by atoms with Crippen molar-refractivity contribution in [1.82, 2.24) is 10.2 Å². The third-order valence-corrected chi connectivity index (χ3v) is 3.93. The molecule has 5 heteroatoms.